The number of carbonyl (C=O) groups excluding carboxylic acids is 1. The number of fused-ring (bicyclic) bond motifs is 2. The van der Waals surface area contributed by atoms with Crippen molar-refractivity contribution in [3.63, 3.8) is 0 Å². The van der Waals surface area contributed by atoms with Crippen LogP contribution in [0.15, 0.2) is 41.2 Å². The van der Waals surface area contributed by atoms with Crippen LogP contribution in [-0.4, -0.2) is 63.3 Å². The molecule has 7 nitrogen and oxygen atoms in total. The number of hydrogen-bond acceptors (Lipinski definition) is 6. The molecule has 0 atom stereocenters. The smallest absolute Gasteiger partial charge is 0.272 e. The van der Waals surface area contributed by atoms with E-state index in [4.69, 9.17) is 4.74 Å². The van der Waals surface area contributed by atoms with Gasteiger partial charge in [-0.3, -0.25) is 9.59 Å². The van der Waals surface area contributed by atoms with Gasteiger partial charge in [-0.15, -0.1) is 0 Å². The highest BCUT2D eigenvalue weighted by atomic mass is 32.2. The van der Waals surface area contributed by atoms with Crippen LogP contribution >= 0.6 is 11.9 Å². The average molecular weight is 463 g/mol. The number of amides is 1. The molecule has 2 aliphatic heterocycles. The summed E-state index contributed by atoms with van der Waals surface area (Å²) in [6.07, 6.45) is 3.98. The fourth-order valence-corrected chi connectivity index (χ4v) is 5.83. The molecule has 33 heavy (non-hydrogen) atoms. The van der Waals surface area contributed by atoms with Crippen molar-refractivity contribution in [1.29, 1.82) is 0 Å². The first-order chi connectivity index (χ1) is 16.2. The minimum atomic E-state index is -0.188. The van der Waals surface area contributed by atoms with Crippen molar-refractivity contribution in [1.82, 2.24) is 19.4 Å². The zero-order valence-electron chi connectivity index (χ0n) is 18.4. The molecule has 170 valence electrons. The van der Waals surface area contributed by atoms with Crippen LogP contribution in [0.3, 0.4) is 0 Å². The van der Waals surface area contributed by atoms with Crippen molar-refractivity contribution < 1.29 is 9.53 Å². The van der Waals surface area contributed by atoms with E-state index in [1.165, 1.54) is 12.8 Å². The average Bonchev–Trinajstić information content (AvgIpc) is 3.53. The van der Waals surface area contributed by atoms with Crippen molar-refractivity contribution in [2.24, 2.45) is 0 Å². The summed E-state index contributed by atoms with van der Waals surface area (Å²) in [4.78, 5) is 27.6. The molecule has 0 unspecified atom stereocenters. The lowest BCUT2D eigenvalue weighted by Crippen LogP contribution is -2.46. The Morgan fingerprint density at radius 3 is 2.70 bits per heavy atom. The van der Waals surface area contributed by atoms with Crippen molar-refractivity contribution in [3.8, 4) is 5.75 Å². The zero-order valence-corrected chi connectivity index (χ0v) is 19.2. The highest BCUT2D eigenvalue weighted by Gasteiger charge is 2.31. The first kappa shape index (κ1) is 20.7. The minimum absolute atomic E-state index is 0.0466. The largest absolute Gasteiger partial charge is 0.492 e. The maximum Gasteiger partial charge on any atom is 0.272 e. The molecule has 3 heterocycles. The number of piperazine rings is 1. The van der Waals surface area contributed by atoms with Gasteiger partial charge in [0.2, 0.25) is 0 Å². The van der Waals surface area contributed by atoms with Crippen LogP contribution in [0.4, 0.5) is 0 Å². The van der Waals surface area contributed by atoms with Gasteiger partial charge >= 0.3 is 0 Å². The van der Waals surface area contributed by atoms with Crippen LogP contribution in [0.5, 0.6) is 5.75 Å². The van der Waals surface area contributed by atoms with Crippen LogP contribution in [0.25, 0.3) is 10.8 Å². The summed E-state index contributed by atoms with van der Waals surface area (Å²) in [5.74, 6) is 0.781. The van der Waals surface area contributed by atoms with Gasteiger partial charge in [0.1, 0.15) is 5.75 Å². The third kappa shape index (κ3) is 4.13. The van der Waals surface area contributed by atoms with Gasteiger partial charge in [0, 0.05) is 49.7 Å². The molecule has 1 saturated carbocycles. The zero-order chi connectivity index (χ0) is 22.4. The number of H-pyrrole nitrogens is 1. The van der Waals surface area contributed by atoms with E-state index in [0.29, 0.717) is 24.0 Å². The number of hydrogen-bond donors (Lipinski definition) is 1. The van der Waals surface area contributed by atoms with Gasteiger partial charge in [-0.1, -0.05) is 36.2 Å². The molecule has 0 radical (unpaired) electrons. The Bertz CT molecular complexity index is 1280. The SMILES string of the molecule is O=C(c1cc(Cc2n[nH]c(=O)c3ccccc23)cc2c1OCC2)N1CCN(SC2CC2)CC1. The molecule has 3 aromatic rings. The molecule has 8 heteroatoms. The number of rotatable bonds is 5. The van der Waals surface area contributed by atoms with Gasteiger partial charge in [0.05, 0.1) is 23.3 Å². The molecule has 1 amide bonds. The molecule has 1 aromatic heterocycles. The van der Waals surface area contributed by atoms with E-state index in [2.05, 4.69) is 20.6 Å². The van der Waals surface area contributed by atoms with Crippen LogP contribution in [0.2, 0.25) is 0 Å². The summed E-state index contributed by atoms with van der Waals surface area (Å²) in [5, 5.41) is 9.20. The van der Waals surface area contributed by atoms with E-state index >= 15 is 0 Å². The molecule has 1 aliphatic carbocycles. The third-order valence-corrected chi connectivity index (χ3v) is 8.00. The Kier molecular flexibility index (Phi) is 5.34. The quantitative estimate of drug-likeness (QED) is 0.588. The lowest BCUT2D eigenvalue weighted by molar-refractivity contribution is 0.0700. The number of ether oxygens (including phenoxy) is 1. The van der Waals surface area contributed by atoms with E-state index in [1.807, 2.05) is 47.2 Å². The van der Waals surface area contributed by atoms with E-state index in [-0.39, 0.29) is 11.5 Å². The van der Waals surface area contributed by atoms with Gasteiger partial charge in [0.25, 0.3) is 11.5 Å². The lowest BCUT2D eigenvalue weighted by atomic mass is 9.98. The molecule has 6 rings (SSSR count). The van der Waals surface area contributed by atoms with Crippen molar-refractivity contribution >= 4 is 28.6 Å². The maximum absolute atomic E-state index is 13.5. The molecule has 2 fully saturated rings. The molecule has 0 spiro atoms. The molecular formula is C25H26N4O3S. The van der Waals surface area contributed by atoms with E-state index in [1.54, 1.807) is 0 Å². The van der Waals surface area contributed by atoms with E-state index in [0.717, 1.165) is 65.8 Å². The fraction of sp³-hybridized carbons (Fsp3) is 0.400. The summed E-state index contributed by atoms with van der Waals surface area (Å²) >= 11 is 1.96. The summed E-state index contributed by atoms with van der Waals surface area (Å²) in [6, 6.07) is 11.6. The van der Waals surface area contributed by atoms with Crippen LogP contribution < -0.4 is 10.3 Å². The Labute approximate surface area is 196 Å². The molecule has 0 bridgehead atoms. The Hall–Kier alpha value is -2.84. The van der Waals surface area contributed by atoms with Crippen LogP contribution in [-0.2, 0) is 12.8 Å². The van der Waals surface area contributed by atoms with Crippen molar-refractivity contribution in [2.75, 3.05) is 32.8 Å². The molecule has 3 aliphatic rings. The maximum atomic E-state index is 13.5. The minimum Gasteiger partial charge on any atom is -0.492 e. The van der Waals surface area contributed by atoms with E-state index in [9.17, 15) is 9.59 Å². The topological polar surface area (TPSA) is 78.5 Å². The second-order valence-electron chi connectivity index (χ2n) is 8.98. The van der Waals surface area contributed by atoms with Gasteiger partial charge < -0.3 is 9.64 Å². The fourth-order valence-electron chi connectivity index (χ4n) is 4.69. The Morgan fingerprint density at radius 1 is 1.12 bits per heavy atom. The second kappa shape index (κ2) is 8.50. The van der Waals surface area contributed by atoms with Crippen LogP contribution in [0.1, 0.15) is 40.0 Å². The van der Waals surface area contributed by atoms with Gasteiger partial charge in [-0.25, -0.2) is 9.40 Å². The predicted molar refractivity (Wildman–Crippen MR) is 129 cm³/mol. The monoisotopic (exact) mass is 462 g/mol. The summed E-state index contributed by atoms with van der Waals surface area (Å²) in [5.41, 5.74) is 3.35. The molecule has 2 aromatic carbocycles. The molecular weight excluding hydrogens is 436 g/mol. The summed E-state index contributed by atoms with van der Waals surface area (Å²) in [6.45, 7) is 3.89. The number of carbonyl (C=O) groups is 1. The van der Waals surface area contributed by atoms with Gasteiger partial charge in [0.15, 0.2) is 0 Å². The normalized spacial score (nSPS) is 18.4. The number of nitrogens with zero attached hydrogens (tertiary/aromatic N) is 3. The number of nitrogens with one attached hydrogen (secondary N) is 1. The first-order valence-corrected chi connectivity index (χ1v) is 12.5. The second-order valence-corrected chi connectivity index (χ2v) is 10.4. The van der Waals surface area contributed by atoms with Gasteiger partial charge in [-0.2, -0.15) is 5.10 Å². The highest BCUT2D eigenvalue weighted by Crippen LogP contribution is 2.37. The van der Waals surface area contributed by atoms with Crippen molar-refractivity contribution in [2.45, 2.75) is 30.9 Å². The van der Waals surface area contributed by atoms with E-state index < -0.39 is 0 Å². The highest BCUT2D eigenvalue weighted by molar-refractivity contribution is 7.97. The Balaban J connectivity index is 1.27. The third-order valence-electron chi connectivity index (χ3n) is 6.57. The standard InChI is InChI=1S/C25H26N4O3S/c30-24-20-4-2-1-3-19(20)22(26-27-24)15-16-13-17-7-12-32-23(17)21(14-16)25(31)28-8-10-29(11-9-28)33-18-5-6-18/h1-4,13-14,18H,5-12,15H2,(H,27,30). The lowest BCUT2D eigenvalue weighted by Gasteiger charge is -2.34. The van der Waals surface area contributed by atoms with Crippen LogP contribution in [0, 0.1) is 0 Å². The number of aromatic nitrogens is 2. The summed E-state index contributed by atoms with van der Waals surface area (Å²) in [7, 11) is 0. The Morgan fingerprint density at radius 2 is 1.91 bits per heavy atom. The summed E-state index contributed by atoms with van der Waals surface area (Å²) < 4.78 is 8.30. The molecule has 1 saturated heterocycles. The number of aromatic amines is 1. The molecule has 1 N–H and O–H groups in total. The predicted octanol–water partition coefficient (Wildman–Crippen LogP) is 3.02. The van der Waals surface area contributed by atoms with Gasteiger partial charge in [-0.05, 0) is 36.1 Å². The number of benzene rings is 2. The van der Waals surface area contributed by atoms with Crippen molar-refractivity contribution in [3.05, 3.63) is 69.1 Å². The first-order valence-electron chi connectivity index (χ1n) is 11.6.